The molecule has 0 saturated heterocycles. The number of benzene rings is 20. The summed E-state index contributed by atoms with van der Waals surface area (Å²) >= 11 is 0. The Labute approximate surface area is 596 Å². The van der Waals surface area contributed by atoms with Crippen LogP contribution in [0.4, 0.5) is 0 Å². The molecule has 20 aromatic carbocycles. The van der Waals surface area contributed by atoms with Crippen LogP contribution in [0.15, 0.2) is 336 Å². The molecule has 478 valence electrons. The smallest absolute Gasteiger partial charge is 0.136 e. The van der Waals surface area contributed by atoms with E-state index >= 15 is 0 Å². The summed E-state index contributed by atoms with van der Waals surface area (Å²) in [4.78, 5) is 0. The van der Waals surface area contributed by atoms with Gasteiger partial charge < -0.3 is 8.83 Å². The summed E-state index contributed by atoms with van der Waals surface area (Å²) in [5.74, 6) is 0. The summed E-state index contributed by atoms with van der Waals surface area (Å²) in [6.07, 6.45) is 6.74. The molecule has 24 rings (SSSR count). The van der Waals surface area contributed by atoms with E-state index in [0.717, 1.165) is 51.5 Å². The van der Waals surface area contributed by atoms with Crippen molar-refractivity contribution in [1.82, 2.24) is 0 Å². The largest absolute Gasteiger partial charge is 0.456 e. The van der Waals surface area contributed by atoms with E-state index < -0.39 is 0 Å². The van der Waals surface area contributed by atoms with Crippen LogP contribution in [-0.2, 0) is 6.42 Å². The number of hydrogen-bond donors (Lipinski definition) is 0. The number of rotatable bonds is 5. The summed E-state index contributed by atoms with van der Waals surface area (Å²) in [6.45, 7) is 0. The first-order chi connectivity index (χ1) is 51.6. The Hall–Kier alpha value is -13.4. The zero-order valence-electron chi connectivity index (χ0n) is 56.4. The monoisotopic (exact) mass is 1310 g/mol. The molecule has 2 nitrogen and oxygen atoms in total. The minimum absolute atomic E-state index is 0.858. The molecule has 0 saturated carbocycles. The molecule has 2 aromatic heterocycles. The molecule has 2 heteroatoms. The van der Waals surface area contributed by atoms with E-state index in [0.29, 0.717) is 0 Å². The standard InChI is InChI=1S/C102H58O2/c1-2-20-64-57(19-1)43-51-89-99(64)101-73-27-9-7-25-70(73)88(56-91(101)103-89)98-81-35-17-15-33-79(81)96(80-34-16-18-36-82(80)98)85-50-40-59-38-48-83-63(45-37-58-39-49-84(85)95(59)94(58)83)60-41-46-65-61(53-60)44-52-90-100(65)102-74-28-10-8-26-71(74)87(55-92(102)104-90)97-77-31-13-11-29-75(77)93(76-30-12-14-32-78(76)97)62-42-47-72-68-23-4-3-21-66(68)67-22-5-6-24-69(67)86(72)54-62/h1-36,38-48,50-56H,37,49H2. The molecule has 0 fully saturated rings. The quantitative estimate of drug-likeness (QED) is 0.127. The first-order valence-corrected chi connectivity index (χ1v) is 36.4. The van der Waals surface area contributed by atoms with Crippen LogP contribution in [0.2, 0.25) is 0 Å². The fraction of sp³-hybridized carbons (Fsp3) is 0.0196. The molecule has 0 spiro atoms. The van der Waals surface area contributed by atoms with Crippen molar-refractivity contribution in [3.05, 3.63) is 350 Å². The van der Waals surface area contributed by atoms with Crippen molar-refractivity contribution in [2.45, 2.75) is 12.8 Å². The predicted octanol–water partition coefficient (Wildman–Crippen LogP) is 28.8. The van der Waals surface area contributed by atoms with Gasteiger partial charge in [0, 0.05) is 21.5 Å². The Bertz CT molecular complexity index is 7630. The highest BCUT2D eigenvalue weighted by atomic mass is 16.3. The first-order valence-electron chi connectivity index (χ1n) is 36.4. The van der Waals surface area contributed by atoms with Crippen molar-refractivity contribution in [3.8, 4) is 44.5 Å². The molecule has 2 aliphatic carbocycles. The molecule has 0 atom stereocenters. The van der Waals surface area contributed by atoms with Gasteiger partial charge in [-0.2, -0.15) is 0 Å². The predicted molar refractivity (Wildman–Crippen MR) is 443 cm³/mol. The van der Waals surface area contributed by atoms with Crippen molar-refractivity contribution in [3.63, 3.8) is 0 Å². The maximum Gasteiger partial charge on any atom is 0.136 e. The maximum atomic E-state index is 7.16. The fourth-order valence-electron chi connectivity index (χ4n) is 19.5. The van der Waals surface area contributed by atoms with Gasteiger partial charge in [-0.25, -0.2) is 0 Å². The van der Waals surface area contributed by atoms with Gasteiger partial charge in [-0.3, -0.25) is 0 Å². The van der Waals surface area contributed by atoms with Gasteiger partial charge in [0.15, 0.2) is 0 Å². The molecule has 0 aliphatic heterocycles. The molecule has 104 heavy (non-hydrogen) atoms. The number of allylic oxidation sites excluding steroid dienone is 3. The Morgan fingerprint density at radius 3 is 1.12 bits per heavy atom. The van der Waals surface area contributed by atoms with E-state index in [1.807, 2.05) is 0 Å². The molecule has 0 bridgehead atoms. The van der Waals surface area contributed by atoms with Crippen LogP contribution in [0, 0.1) is 0 Å². The molecule has 0 radical (unpaired) electrons. The summed E-state index contributed by atoms with van der Waals surface area (Å²) in [7, 11) is 0. The van der Waals surface area contributed by atoms with Crippen LogP contribution < -0.4 is 0 Å². The Morgan fingerprint density at radius 2 is 0.577 bits per heavy atom. The molecular weight excluding hydrogens is 1260 g/mol. The van der Waals surface area contributed by atoms with Crippen molar-refractivity contribution < 1.29 is 8.83 Å². The van der Waals surface area contributed by atoms with E-state index in [-0.39, 0.29) is 0 Å². The van der Waals surface area contributed by atoms with Crippen molar-refractivity contribution >= 4 is 184 Å². The second-order valence-corrected chi connectivity index (χ2v) is 28.9. The molecular formula is C102H58O2. The van der Waals surface area contributed by atoms with Gasteiger partial charge in [0.2, 0.25) is 0 Å². The zero-order chi connectivity index (χ0) is 67.6. The highest BCUT2D eigenvalue weighted by molar-refractivity contribution is 6.35. The lowest BCUT2D eigenvalue weighted by atomic mass is 9.75. The van der Waals surface area contributed by atoms with Crippen molar-refractivity contribution in [2.75, 3.05) is 0 Å². The lowest BCUT2D eigenvalue weighted by Crippen LogP contribution is -2.08. The zero-order valence-corrected chi connectivity index (χ0v) is 56.4. The summed E-state index contributed by atoms with van der Waals surface area (Å²) in [5, 5.41) is 34.4. The van der Waals surface area contributed by atoms with Crippen LogP contribution in [0.5, 0.6) is 0 Å². The minimum atomic E-state index is 0.858. The van der Waals surface area contributed by atoms with Crippen LogP contribution in [0.3, 0.4) is 0 Å². The molecule has 0 unspecified atom stereocenters. The van der Waals surface area contributed by atoms with Gasteiger partial charge in [0.05, 0.1) is 0 Å². The average molecular weight is 1320 g/mol. The molecule has 22 aromatic rings. The van der Waals surface area contributed by atoms with Gasteiger partial charge in [-0.1, -0.05) is 291 Å². The van der Waals surface area contributed by atoms with Gasteiger partial charge in [-0.05, 0) is 256 Å². The third-order valence-corrected chi connectivity index (χ3v) is 23.8. The fourth-order valence-corrected chi connectivity index (χ4v) is 19.5. The van der Waals surface area contributed by atoms with Crippen LogP contribution in [0.1, 0.15) is 28.7 Å². The highest BCUT2D eigenvalue weighted by Crippen LogP contribution is 2.55. The van der Waals surface area contributed by atoms with Crippen LogP contribution >= 0.6 is 0 Å². The number of hydrogen-bond acceptors (Lipinski definition) is 2. The van der Waals surface area contributed by atoms with E-state index in [1.165, 1.54) is 212 Å². The lowest BCUT2D eigenvalue weighted by Gasteiger charge is -2.29. The first kappa shape index (κ1) is 56.4. The second-order valence-electron chi connectivity index (χ2n) is 28.9. The van der Waals surface area contributed by atoms with E-state index in [9.17, 15) is 0 Å². The third-order valence-electron chi connectivity index (χ3n) is 23.8. The van der Waals surface area contributed by atoms with E-state index in [4.69, 9.17) is 8.83 Å². The highest BCUT2D eigenvalue weighted by Gasteiger charge is 2.30. The van der Waals surface area contributed by atoms with E-state index in [1.54, 1.807) is 0 Å². The average Bonchev–Trinajstić information content (AvgIpc) is 0.985. The van der Waals surface area contributed by atoms with Crippen LogP contribution in [-0.4, -0.2) is 0 Å². The Balaban J connectivity index is 0.641. The molecule has 2 aliphatic rings. The topological polar surface area (TPSA) is 26.3 Å². The summed E-state index contributed by atoms with van der Waals surface area (Å²) in [5.41, 5.74) is 21.4. The van der Waals surface area contributed by atoms with E-state index in [2.05, 4.69) is 328 Å². The molecule has 2 heterocycles. The second kappa shape index (κ2) is 21.1. The number of furan rings is 2. The minimum Gasteiger partial charge on any atom is -0.456 e. The number of fused-ring (bicyclic) bond motifs is 24. The third kappa shape index (κ3) is 7.68. The Kier molecular flexibility index (Phi) is 11.4. The Morgan fingerprint density at radius 1 is 0.192 bits per heavy atom. The lowest BCUT2D eigenvalue weighted by molar-refractivity contribution is 0.669. The summed E-state index contributed by atoms with van der Waals surface area (Å²) in [6, 6.07) is 118. The van der Waals surface area contributed by atoms with Gasteiger partial charge in [-0.15, -0.1) is 0 Å². The molecule has 0 amide bonds. The molecule has 0 N–H and O–H groups in total. The van der Waals surface area contributed by atoms with Crippen molar-refractivity contribution in [2.24, 2.45) is 0 Å². The van der Waals surface area contributed by atoms with Gasteiger partial charge >= 0.3 is 0 Å². The maximum absolute atomic E-state index is 7.16. The van der Waals surface area contributed by atoms with Crippen LogP contribution in [0.25, 0.3) is 229 Å². The van der Waals surface area contributed by atoms with Crippen molar-refractivity contribution in [1.29, 1.82) is 0 Å². The van der Waals surface area contributed by atoms with Gasteiger partial charge in [0.1, 0.15) is 22.3 Å². The normalized spacial score (nSPS) is 13.2. The summed E-state index contributed by atoms with van der Waals surface area (Å²) < 4.78 is 14.1. The SMILES string of the molecule is C1=C(c2ccc3c(ccc4oc5cc(-c6c7ccccc7c(-c7ccc8c9ccccc9c9ccccc9c8c7)c7ccccc67)c6ccccc6c5c43)c2)c2ccc3ccc(-c4c5ccccc5c(-c5cc6oc7ccc8ccccc8c7c6c6ccccc56)c5ccccc45)c4c3c2C(=CC4)C1. The van der Waals surface area contributed by atoms with Gasteiger partial charge in [0.25, 0.3) is 0 Å².